The van der Waals surface area contributed by atoms with E-state index < -0.39 is 0 Å². The molecule has 1 aromatic rings. The van der Waals surface area contributed by atoms with Gasteiger partial charge in [-0.15, -0.1) is 11.8 Å². The summed E-state index contributed by atoms with van der Waals surface area (Å²) in [5.74, 6) is 0.309. The number of aromatic hydroxyl groups is 1. The van der Waals surface area contributed by atoms with Crippen molar-refractivity contribution in [3.05, 3.63) is 41.3 Å². The van der Waals surface area contributed by atoms with Crippen molar-refractivity contribution >= 4 is 29.2 Å². The van der Waals surface area contributed by atoms with Crippen molar-refractivity contribution in [2.45, 2.75) is 5.25 Å². The van der Waals surface area contributed by atoms with E-state index in [1.165, 1.54) is 11.8 Å². The van der Waals surface area contributed by atoms with Gasteiger partial charge in [0.2, 0.25) is 0 Å². The van der Waals surface area contributed by atoms with E-state index >= 15 is 0 Å². The predicted molar refractivity (Wildman–Crippen MR) is 67.6 cm³/mol. The summed E-state index contributed by atoms with van der Waals surface area (Å²) in [6.45, 7) is 0. The molecule has 1 amide bonds. The average molecular weight is 244 g/mol. The van der Waals surface area contributed by atoms with Gasteiger partial charge in [-0.2, -0.15) is 4.99 Å². The van der Waals surface area contributed by atoms with Crippen molar-refractivity contribution in [2.75, 3.05) is 0 Å². The number of phenols is 1. The highest BCUT2D eigenvalue weighted by atomic mass is 32.2. The van der Waals surface area contributed by atoms with Crippen LogP contribution in [0.4, 0.5) is 0 Å². The first kappa shape index (κ1) is 10.3. The molecule has 4 nitrogen and oxygen atoms in total. The van der Waals surface area contributed by atoms with Gasteiger partial charge in [-0.1, -0.05) is 12.1 Å². The van der Waals surface area contributed by atoms with E-state index in [0.29, 0.717) is 11.4 Å². The van der Waals surface area contributed by atoms with Crippen molar-refractivity contribution in [3.8, 4) is 5.75 Å². The molecule has 84 valence electrons. The van der Waals surface area contributed by atoms with Crippen molar-refractivity contribution < 1.29 is 9.90 Å². The second-order valence-corrected chi connectivity index (χ2v) is 4.70. The normalized spacial score (nSPS) is 22.1. The third-order valence-electron chi connectivity index (χ3n) is 2.50. The number of aliphatic imine (C=N–C) groups is 2. The molecule has 2 aliphatic heterocycles. The first-order valence-corrected chi connectivity index (χ1v) is 6.01. The van der Waals surface area contributed by atoms with Gasteiger partial charge in [0.05, 0.1) is 5.71 Å². The molecule has 1 aromatic carbocycles. The number of rotatable bonds is 1. The first-order valence-electron chi connectivity index (χ1n) is 5.06. The lowest BCUT2D eigenvalue weighted by atomic mass is 10.1. The quantitative estimate of drug-likeness (QED) is 0.818. The minimum absolute atomic E-state index is 0.135. The summed E-state index contributed by atoms with van der Waals surface area (Å²) in [7, 11) is 0. The molecular weight excluding hydrogens is 236 g/mol. The van der Waals surface area contributed by atoms with Crippen LogP contribution >= 0.6 is 11.8 Å². The highest BCUT2D eigenvalue weighted by Crippen LogP contribution is 2.27. The molecule has 0 fully saturated rings. The molecule has 17 heavy (non-hydrogen) atoms. The number of allylic oxidation sites excluding steroid dienone is 1. The molecular formula is C12H8N2O2S. The largest absolute Gasteiger partial charge is 0.508 e. The number of carbonyl (C=O) groups is 1. The van der Waals surface area contributed by atoms with E-state index in [1.54, 1.807) is 24.3 Å². The van der Waals surface area contributed by atoms with E-state index in [9.17, 15) is 9.90 Å². The summed E-state index contributed by atoms with van der Waals surface area (Å²) in [4.78, 5) is 20.0. The zero-order valence-electron chi connectivity index (χ0n) is 8.70. The monoisotopic (exact) mass is 244 g/mol. The van der Waals surface area contributed by atoms with E-state index in [-0.39, 0.29) is 16.9 Å². The average Bonchev–Trinajstić information content (AvgIpc) is 2.77. The fraction of sp³-hybridized carbons (Fsp3) is 0.0833. The van der Waals surface area contributed by atoms with Gasteiger partial charge in [0.15, 0.2) is 5.84 Å². The van der Waals surface area contributed by atoms with E-state index in [1.807, 2.05) is 11.5 Å². The number of carbonyl (C=O) groups excluding carboxylic acids is 1. The van der Waals surface area contributed by atoms with Crippen molar-refractivity contribution in [1.82, 2.24) is 0 Å². The third-order valence-corrected chi connectivity index (χ3v) is 3.51. The Morgan fingerprint density at radius 1 is 1.29 bits per heavy atom. The number of hydrogen-bond acceptors (Lipinski definition) is 4. The minimum Gasteiger partial charge on any atom is -0.508 e. The molecule has 1 N–H and O–H groups in total. The lowest BCUT2D eigenvalue weighted by Gasteiger charge is -2.13. The molecule has 1 unspecified atom stereocenters. The van der Waals surface area contributed by atoms with Crippen LogP contribution in [0.1, 0.15) is 5.56 Å². The fourth-order valence-corrected chi connectivity index (χ4v) is 2.52. The topological polar surface area (TPSA) is 62.0 Å². The second-order valence-electron chi connectivity index (χ2n) is 3.68. The van der Waals surface area contributed by atoms with Crippen molar-refractivity contribution in [2.24, 2.45) is 9.98 Å². The summed E-state index contributed by atoms with van der Waals surface area (Å²) >= 11 is 1.42. The number of nitrogens with zero attached hydrogens (tertiary/aromatic N) is 2. The minimum atomic E-state index is -0.281. The number of hydrogen-bond donors (Lipinski definition) is 1. The Morgan fingerprint density at radius 3 is 3.00 bits per heavy atom. The third kappa shape index (κ3) is 1.78. The molecule has 0 saturated heterocycles. The van der Waals surface area contributed by atoms with Crippen LogP contribution in [0, 0.1) is 0 Å². The Balaban J connectivity index is 2.05. The standard InChI is InChI=1S/C12H8N2O2S/c15-8-3-1-2-7(6-8)11-13-9-4-5-17-10(9)12(16)14-11/h1-6,10,15H. The van der Waals surface area contributed by atoms with Gasteiger partial charge < -0.3 is 5.11 Å². The summed E-state index contributed by atoms with van der Waals surface area (Å²) in [5.41, 5.74) is 1.38. The van der Waals surface area contributed by atoms with Crippen LogP contribution in [0.15, 0.2) is 45.7 Å². The van der Waals surface area contributed by atoms with Crippen LogP contribution < -0.4 is 0 Å². The van der Waals surface area contributed by atoms with Gasteiger partial charge >= 0.3 is 0 Å². The van der Waals surface area contributed by atoms with Crippen LogP contribution in [-0.4, -0.2) is 27.8 Å². The number of amides is 1. The van der Waals surface area contributed by atoms with Crippen LogP contribution in [0.2, 0.25) is 0 Å². The number of fused-ring (bicyclic) bond motifs is 1. The lowest BCUT2D eigenvalue weighted by molar-refractivity contribution is -0.116. The van der Waals surface area contributed by atoms with Gasteiger partial charge in [-0.05, 0) is 23.6 Å². The predicted octanol–water partition coefficient (Wildman–Crippen LogP) is 1.75. The molecule has 0 saturated carbocycles. The summed E-state index contributed by atoms with van der Waals surface area (Å²) in [6, 6.07) is 6.57. The number of benzene rings is 1. The fourth-order valence-electron chi connectivity index (χ4n) is 1.71. The summed E-state index contributed by atoms with van der Waals surface area (Å²) in [6.07, 6.45) is 1.82. The Bertz CT molecular complexity index is 590. The number of amidine groups is 1. The van der Waals surface area contributed by atoms with Gasteiger partial charge in [0.25, 0.3) is 5.91 Å². The van der Waals surface area contributed by atoms with Gasteiger partial charge in [0, 0.05) is 5.56 Å². The molecule has 0 aromatic heterocycles. The van der Waals surface area contributed by atoms with Gasteiger partial charge in [0.1, 0.15) is 11.0 Å². The lowest BCUT2D eigenvalue weighted by Crippen LogP contribution is -2.27. The summed E-state index contributed by atoms with van der Waals surface area (Å²) < 4.78 is 0. The smallest absolute Gasteiger partial charge is 0.267 e. The first-order chi connectivity index (χ1) is 8.24. The molecule has 2 aliphatic rings. The second kappa shape index (κ2) is 3.85. The number of phenolic OH excluding ortho intramolecular Hbond substituents is 1. The molecule has 0 spiro atoms. The zero-order chi connectivity index (χ0) is 11.8. The van der Waals surface area contributed by atoms with E-state index in [0.717, 1.165) is 5.71 Å². The molecule has 2 heterocycles. The molecule has 3 rings (SSSR count). The summed E-state index contributed by atoms with van der Waals surface area (Å²) in [5, 5.41) is 11.0. The maximum atomic E-state index is 11.8. The molecule has 0 aliphatic carbocycles. The molecule has 0 radical (unpaired) electrons. The molecule has 5 heteroatoms. The van der Waals surface area contributed by atoms with Crippen LogP contribution in [0.5, 0.6) is 5.75 Å². The SMILES string of the molecule is O=C1N=C(c2cccc(O)c2)N=C2C=CSC12. The Morgan fingerprint density at radius 2 is 2.18 bits per heavy atom. The van der Waals surface area contributed by atoms with Crippen molar-refractivity contribution in [3.63, 3.8) is 0 Å². The van der Waals surface area contributed by atoms with Crippen LogP contribution in [0.25, 0.3) is 0 Å². The Hall–Kier alpha value is -1.88. The van der Waals surface area contributed by atoms with Crippen LogP contribution in [0.3, 0.4) is 0 Å². The maximum Gasteiger partial charge on any atom is 0.267 e. The maximum absolute atomic E-state index is 11.8. The molecule has 1 atom stereocenters. The zero-order valence-corrected chi connectivity index (χ0v) is 9.52. The van der Waals surface area contributed by atoms with Gasteiger partial charge in [-0.25, -0.2) is 4.99 Å². The van der Waals surface area contributed by atoms with Crippen LogP contribution in [-0.2, 0) is 4.79 Å². The highest BCUT2D eigenvalue weighted by Gasteiger charge is 2.30. The Kier molecular flexibility index (Phi) is 2.33. The van der Waals surface area contributed by atoms with Gasteiger partial charge in [-0.3, -0.25) is 4.79 Å². The van der Waals surface area contributed by atoms with E-state index in [4.69, 9.17) is 0 Å². The Labute approximate surface area is 102 Å². The molecule has 0 bridgehead atoms. The highest BCUT2D eigenvalue weighted by molar-refractivity contribution is 8.04. The number of thioether (sulfide) groups is 1. The van der Waals surface area contributed by atoms with Crippen molar-refractivity contribution in [1.29, 1.82) is 0 Å². The van der Waals surface area contributed by atoms with E-state index in [2.05, 4.69) is 9.98 Å².